The molecule has 0 spiro atoms. The molecule has 1 amide bonds. The normalized spacial score (nSPS) is 15.7. The Kier molecular flexibility index (Phi) is 6.82. The van der Waals surface area contributed by atoms with Gasteiger partial charge in [0.25, 0.3) is 0 Å². The van der Waals surface area contributed by atoms with E-state index in [2.05, 4.69) is 5.32 Å². The van der Waals surface area contributed by atoms with Crippen molar-refractivity contribution in [2.45, 2.75) is 43.0 Å². The van der Waals surface area contributed by atoms with Gasteiger partial charge in [-0.05, 0) is 60.9 Å². The van der Waals surface area contributed by atoms with Gasteiger partial charge in [-0.1, -0.05) is 31.4 Å². The second-order valence-electron chi connectivity index (χ2n) is 7.21. The van der Waals surface area contributed by atoms with Gasteiger partial charge in [-0.25, -0.2) is 12.8 Å². The topological polar surface area (TPSA) is 66.5 Å². The van der Waals surface area contributed by atoms with E-state index < -0.39 is 10.0 Å². The summed E-state index contributed by atoms with van der Waals surface area (Å²) >= 11 is 0. The zero-order valence-corrected chi connectivity index (χ0v) is 17.2. The Bertz CT molecular complexity index is 964. The average molecular weight is 417 g/mol. The number of amides is 1. The minimum atomic E-state index is -3.56. The van der Waals surface area contributed by atoms with Gasteiger partial charge in [0, 0.05) is 24.9 Å². The highest BCUT2D eigenvalue weighted by Crippen LogP contribution is 2.27. The number of nitrogens with one attached hydrogen (secondary N) is 1. The van der Waals surface area contributed by atoms with Gasteiger partial charge in [-0.3, -0.25) is 4.79 Å². The van der Waals surface area contributed by atoms with Gasteiger partial charge in [0.05, 0.1) is 4.90 Å². The third-order valence-corrected chi connectivity index (χ3v) is 7.11. The highest BCUT2D eigenvalue weighted by Gasteiger charge is 2.28. The lowest BCUT2D eigenvalue weighted by atomic mass is 9.96. The van der Waals surface area contributed by atoms with Crippen molar-refractivity contribution in [2.75, 3.05) is 12.4 Å². The van der Waals surface area contributed by atoms with E-state index in [1.54, 1.807) is 37.4 Å². The minimum Gasteiger partial charge on any atom is -0.323 e. The Hall–Kier alpha value is -2.51. The summed E-state index contributed by atoms with van der Waals surface area (Å²) in [6, 6.07) is 12.0. The highest BCUT2D eigenvalue weighted by molar-refractivity contribution is 7.89. The predicted molar refractivity (Wildman–Crippen MR) is 112 cm³/mol. The molecule has 1 fully saturated rings. The molecule has 0 unspecified atom stereocenters. The zero-order valence-electron chi connectivity index (χ0n) is 16.3. The number of hydrogen-bond acceptors (Lipinski definition) is 3. The Morgan fingerprint density at radius 3 is 2.28 bits per heavy atom. The molecular formula is C22H25FN2O3S. The first-order valence-corrected chi connectivity index (χ1v) is 11.1. The molecule has 0 aliphatic heterocycles. The number of carbonyl (C=O) groups excluding carboxylic acids is 1. The maximum Gasteiger partial charge on any atom is 0.248 e. The molecule has 1 N–H and O–H groups in total. The largest absolute Gasteiger partial charge is 0.323 e. The van der Waals surface area contributed by atoms with Gasteiger partial charge >= 0.3 is 0 Å². The first-order valence-electron chi connectivity index (χ1n) is 9.69. The van der Waals surface area contributed by atoms with Gasteiger partial charge in [-0.15, -0.1) is 0 Å². The van der Waals surface area contributed by atoms with Crippen molar-refractivity contribution < 1.29 is 17.6 Å². The zero-order chi connectivity index (χ0) is 20.9. The number of carbonyl (C=O) groups is 1. The van der Waals surface area contributed by atoms with Crippen LogP contribution in [0.1, 0.15) is 37.7 Å². The van der Waals surface area contributed by atoms with Gasteiger partial charge in [-0.2, -0.15) is 4.31 Å². The molecule has 1 saturated carbocycles. The van der Waals surface area contributed by atoms with E-state index in [-0.39, 0.29) is 22.7 Å². The van der Waals surface area contributed by atoms with Crippen molar-refractivity contribution in [1.29, 1.82) is 0 Å². The molecule has 0 bridgehead atoms. The minimum absolute atomic E-state index is 0.0460. The van der Waals surface area contributed by atoms with Crippen LogP contribution in [0.4, 0.5) is 10.1 Å². The molecular weight excluding hydrogens is 391 g/mol. The summed E-state index contributed by atoms with van der Waals surface area (Å²) in [5.41, 5.74) is 1.20. The molecule has 3 rings (SSSR count). The van der Waals surface area contributed by atoms with Crippen molar-refractivity contribution >= 4 is 27.7 Å². The van der Waals surface area contributed by atoms with E-state index >= 15 is 0 Å². The Labute approximate surface area is 171 Å². The molecule has 1 aliphatic carbocycles. The number of sulfonamides is 1. The van der Waals surface area contributed by atoms with Crippen LogP contribution in [-0.4, -0.2) is 31.7 Å². The molecule has 154 valence electrons. The number of nitrogens with zero attached hydrogens (tertiary/aromatic N) is 1. The quantitative estimate of drug-likeness (QED) is 0.709. The SMILES string of the molecule is CN(C1CCCCC1)S(=O)(=O)c1ccc(NC(=O)C=Cc2ccc(F)cc2)cc1. The van der Waals surface area contributed by atoms with Crippen molar-refractivity contribution in [3.05, 3.63) is 66.0 Å². The molecule has 5 nitrogen and oxygen atoms in total. The molecule has 2 aromatic rings. The third kappa shape index (κ3) is 5.52. The second-order valence-corrected chi connectivity index (χ2v) is 9.21. The Balaban J connectivity index is 1.63. The first kappa shape index (κ1) is 21.2. The second kappa shape index (κ2) is 9.33. The number of halogens is 1. The van der Waals surface area contributed by atoms with Crippen molar-refractivity contribution in [3.63, 3.8) is 0 Å². The average Bonchev–Trinajstić information content (AvgIpc) is 2.74. The van der Waals surface area contributed by atoms with Crippen LogP contribution in [0.15, 0.2) is 59.5 Å². The van der Waals surface area contributed by atoms with E-state index in [4.69, 9.17) is 0 Å². The van der Waals surface area contributed by atoms with Crippen molar-refractivity contribution in [1.82, 2.24) is 4.31 Å². The van der Waals surface area contributed by atoms with Crippen LogP contribution < -0.4 is 5.32 Å². The van der Waals surface area contributed by atoms with E-state index in [0.29, 0.717) is 11.3 Å². The van der Waals surface area contributed by atoms with Crippen molar-refractivity contribution in [3.8, 4) is 0 Å². The number of benzene rings is 2. The summed E-state index contributed by atoms with van der Waals surface area (Å²) in [6.07, 6.45) is 7.98. The smallest absolute Gasteiger partial charge is 0.248 e. The third-order valence-electron chi connectivity index (χ3n) is 5.18. The molecule has 1 aliphatic rings. The number of anilines is 1. The van der Waals surface area contributed by atoms with E-state index in [1.165, 1.54) is 34.6 Å². The Morgan fingerprint density at radius 2 is 1.66 bits per heavy atom. The molecule has 0 saturated heterocycles. The molecule has 7 heteroatoms. The van der Waals surface area contributed by atoms with Crippen LogP contribution in [0.5, 0.6) is 0 Å². The van der Waals surface area contributed by atoms with Crippen LogP contribution >= 0.6 is 0 Å². The number of hydrogen-bond donors (Lipinski definition) is 1. The van der Waals surface area contributed by atoms with Gasteiger partial charge in [0.2, 0.25) is 15.9 Å². The van der Waals surface area contributed by atoms with Crippen LogP contribution in [0, 0.1) is 5.82 Å². The van der Waals surface area contributed by atoms with Crippen molar-refractivity contribution in [2.24, 2.45) is 0 Å². The molecule has 2 aromatic carbocycles. The summed E-state index contributed by atoms with van der Waals surface area (Å²) in [5, 5.41) is 2.69. The fourth-order valence-corrected chi connectivity index (χ4v) is 4.86. The van der Waals surface area contributed by atoms with Crippen LogP contribution in [0.2, 0.25) is 0 Å². The molecule has 29 heavy (non-hydrogen) atoms. The number of rotatable bonds is 6. The van der Waals surface area contributed by atoms with E-state index in [0.717, 1.165) is 32.1 Å². The lowest BCUT2D eigenvalue weighted by Crippen LogP contribution is -2.38. The maximum absolute atomic E-state index is 12.9. The van der Waals surface area contributed by atoms with Gasteiger partial charge < -0.3 is 5.32 Å². The summed E-state index contributed by atoms with van der Waals surface area (Å²) in [5.74, 6) is -0.694. The van der Waals surface area contributed by atoms with Crippen LogP contribution in [-0.2, 0) is 14.8 Å². The van der Waals surface area contributed by atoms with E-state index in [1.807, 2.05) is 0 Å². The molecule has 0 aromatic heterocycles. The fraction of sp³-hybridized carbons (Fsp3) is 0.318. The summed E-state index contributed by atoms with van der Waals surface area (Å²) in [6.45, 7) is 0. The first-order chi connectivity index (χ1) is 13.9. The molecule has 0 atom stereocenters. The van der Waals surface area contributed by atoms with Crippen LogP contribution in [0.3, 0.4) is 0 Å². The summed E-state index contributed by atoms with van der Waals surface area (Å²) in [4.78, 5) is 12.3. The molecule has 0 heterocycles. The van der Waals surface area contributed by atoms with Crippen LogP contribution in [0.25, 0.3) is 6.08 Å². The monoisotopic (exact) mass is 416 g/mol. The summed E-state index contributed by atoms with van der Waals surface area (Å²) in [7, 11) is -1.92. The maximum atomic E-state index is 12.9. The Morgan fingerprint density at radius 1 is 1.03 bits per heavy atom. The van der Waals surface area contributed by atoms with Gasteiger partial charge in [0.15, 0.2) is 0 Å². The molecule has 0 radical (unpaired) electrons. The lowest BCUT2D eigenvalue weighted by Gasteiger charge is -2.30. The lowest BCUT2D eigenvalue weighted by molar-refractivity contribution is -0.111. The van der Waals surface area contributed by atoms with E-state index in [9.17, 15) is 17.6 Å². The standard InChI is InChI=1S/C22H25FN2O3S/c1-25(20-5-3-2-4-6-20)29(27,28)21-14-12-19(13-15-21)24-22(26)16-9-17-7-10-18(23)11-8-17/h7-16,20H,2-6H2,1H3,(H,24,26). The predicted octanol–water partition coefficient (Wildman–Crippen LogP) is 4.43. The highest BCUT2D eigenvalue weighted by atomic mass is 32.2. The van der Waals surface area contributed by atoms with Gasteiger partial charge in [0.1, 0.15) is 5.82 Å². The fourth-order valence-electron chi connectivity index (χ4n) is 3.45. The summed E-state index contributed by atoms with van der Waals surface area (Å²) < 4.78 is 40.1.